The van der Waals surface area contributed by atoms with Crippen LogP contribution in [-0.4, -0.2) is 20.7 Å². The van der Waals surface area contributed by atoms with Crippen LogP contribution in [0.4, 0.5) is 14.5 Å². The Morgan fingerprint density at radius 1 is 1.22 bits per heavy atom. The number of hydrogen-bond donors (Lipinski definition) is 1. The fourth-order valence-electron chi connectivity index (χ4n) is 2.59. The van der Waals surface area contributed by atoms with Gasteiger partial charge >= 0.3 is 0 Å². The number of benzene rings is 2. The van der Waals surface area contributed by atoms with Crippen LogP contribution >= 0.6 is 11.8 Å². The molecule has 1 unspecified atom stereocenters. The summed E-state index contributed by atoms with van der Waals surface area (Å²) in [5.74, 6) is -1.89. The number of amides is 1. The van der Waals surface area contributed by atoms with Crippen LogP contribution in [0.1, 0.15) is 18.1 Å². The third-order valence-electron chi connectivity index (χ3n) is 4.28. The van der Waals surface area contributed by atoms with Crippen LogP contribution in [0.5, 0.6) is 0 Å². The Balaban J connectivity index is 1.77. The standard InChI is InChI=1S/C20H19F2N3OS/c1-12-5-4-6-18(13(12)2)25-10-9-23-20(25)27-14(3)19(26)24-17-8-7-15(21)11-16(17)22/h4-11,14H,1-3H3,(H,24,26). The second kappa shape index (κ2) is 7.92. The lowest BCUT2D eigenvalue weighted by molar-refractivity contribution is -0.115. The molecule has 0 bridgehead atoms. The number of halogens is 2. The topological polar surface area (TPSA) is 46.9 Å². The van der Waals surface area contributed by atoms with Crippen LogP contribution in [0.2, 0.25) is 0 Å². The zero-order valence-electron chi connectivity index (χ0n) is 15.2. The zero-order chi connectivity index (χ0) is 19.6. The smallest absolute Gasteiger partial charge is 0.237 e. The van der Waals surface area contributed by atoms with Crippen LogP contribution in [0.3, 0.4) is 0 Å². The maximum Gasteiger partial charge on any atom is 0.237 e. The van der Waals surface area contributed by atoms with Crippen LogP contribution < -0.4 is 5.32 Å². The molecule has 7 heteroatoms. The third kappa shape index (κ3) is 4.19. The van der Waals surface area contributed by atoms with E-state index >= 15 is 0 Å². The monoisotopic (exact) mass is 387 g/mol. The van der Waals surface area contributed by atoms with Gasteiger partial charge in [0.15, 0.2) is 5.16 Å². The first-order valence-corrected chi connectivity index (χ1v) is 9.27. The molecule has 0 saturated heterocycles. The molecule has 1 atom stereocenters. The molecule has 0 spiro atoms. The molecule has 1 aromatic heterocycles. The van der Waals surface area contributed by atoms with Gasteiger partial charge in [0.25, 0.3) is 0 Å². The van der Waals surface area contributed by atoms with Crippen molar-refractivity contribution in [3.63, 3.8) is 0 Å². The van der Waals surface area contributed by atoms with E-state index < -0.39 is 16.9 Å². The number of nitrogens with zero attached hydrogens (tertiary/aromatic N) is 2. The summed E-state index contributed by atoms with van der Waals surface area (Å²) in [6.07, 6.45) is 3.52. The van der Waals surface area contributed by atoms with Crippen LogP contribution in [0.25, 0.3) is 5.69 Å². The van der Waals surface area contributed by atoms with Gasteiger partial charge in [-0.3, -0.25) is 9.36 Å². The van der Waals surface area contributed by atoms with E-state index in [2.05, 4.69) is 10.3 Å². The summed E-state index contributed by atoms with van der Waals surface area (Å²) in [5.41, 5.74) is 3.23. The van der Waals surface area contributed by atoms with Gasteiger partial charge in [-0.05, 0) is 50.1 Å². The number of aromatic nitrogens is 2. The first kappa shape index (κ1) is 19.1. The highest BCUT2D eigenvalue weighted by Gasteiger charge is 2.19. The quantitative estimate of drug-likeness (QED) is 0.634. The Morgan fingerprint density at radius 2 is 2.00 bits per heavy atom. The third-order valence-corrected chi connectivity index (χ3v) is 5.36. The summed E-state index contributed by atoms with van der Waals surface area (Å²) in [4.78, 5) is 16.8. The molecule has 2 aromatic carbocycles. The van der Waals surface area contributed by atoms with E-state index in [1.807, 2.05) is 42.8 Å². The molecule has 0 saturated carbocycles. The van der Waals surface area contributed by atoms with Crippen LogP contribution in [0.15, 0.2) is 53.9 Å². The number of rotatable bonds is 5. The molecule has 0 aliphatic rings. The van der Waals surface area contributed by atoms with Gasteiger partial charge in [0.1, 0.15) is 11.6 Å². The molecule has 27 heavy (non-hydrogen) atoms. The van der Waals surface area contributed by atoms with Crippen LogP contribution in [-0.2, 0) is 4.79 Å². The van der Waals surface area contributed by atoms with E-state index in [1.54, 1.807) is 13.1 Å². The molecular weight excluding hydrogens is 368 g/mol. The predicted octanol–water partition coefficient (Wildman–Crippen LogP) is 4.89. The average molecular weight is 387 g/mol. The molecule has 1 amide bonds. The molecular formula is C20H19F2N3OS. The van der Waals surface area contributed by atoms with Gasteiger partial charge in [-0.25, -0.2) is 13.8 Å². The van der Waals surface area contributed by atoms with Crippen molar-refractivity contribution in [2.45, 2.75) is 31.2 Å². The highest BCUT2D eigenvalue weighted by molar-refractivity contribution is 8.00. The van der Waals surface area contributed by atoms with E-state index in [9.17, 15) is 13.6 Å². The largest absolute Gasteiger partial charge is 0.323 e. The number of carbonyl (C=O) groups excluding carboxylic acids is 1. The molecule has 0 radical (unpaired) electrons. The number of anilines is 1. The van der Waals surface area contributed by atoms with Crippen molar-refractivity contribution in [2.75, 3.05) is 5.32 Å². The van der Waals surface area contributed by atoms with Crippen LogP contribution in [0, 0.1) is 25.5 Å². The Labute approximate surface area is 160 Å². The zero-order valence-corrected chi connectivity index (χ0v) is 16.0. The molecule has 3 aromatic rings. The summed E-state index contributed by atoms with van der Waals surface area (Å²) >= 11 is 1.27. The second-order valence-corrected chi connectivity index (χ2v) is 7.48. The van der Waals surface area contributed by atoms with Gasteiger partial charge in [-0.1, -0.05) is 23.9 Å². The summed E-state index contributed by atoms with van der Waals surface area (Å²) in [6, 6.07) is 9.05. The number of imidazole rings is 1. The van der Waals surface area contributed by atoms with Crippen molar-refractivity contribution >= 4 is 23.4 Å². The van der Waals surface area contributed by atoms with E-state index in [0.717, 1.165) is 28.9 Å². The Morgan fingerprint density at radius 3 is 2.74 bits per heavy atom. The normalized spacial score (nSPS) is 12.0. The average Bonchev–Trinajstić information content (AvgIpc) is 3.07. The van der Waals surface area contributed by atoms with Gasteiger partial charge in [0, 0.05) is 18.5 Å². The van der Waals surface area contributed by atoms with Crippen molar-refractivity contribution in [3.8, 4) is 5.69 Å². The molecule has 0 fully saturated rings. The fourth-order valence-corrected chi connectivity index (χ4v) is 3.47. The lowest BCUT2D eigenvalue weighted by atomic mass is 10.1. The van der Waals surface area contributed by atoms with Crippen molar-refractivity contribution < 1.29 is 13.6 Å². The minimum atomic E-state index is -0.808. The molecule has 0 aliphatic carbocycles. The van der Waals surface area contributed by atoms with Gasteiger partial charge in [0.2, 0.25) is 5.91 Å². The molecule has 140 valence electrons. The Hall–Kier alpha value is -2.67. The van der Waals surface area contributed by atoms with Crippen molar-refractivity contribution in [2.24, 2.45) is 0 Å². The first-order chi connectivity index (χ1) is 12.9. The maximum absolute atomic E-state index is 13.7. The number of nitrogens with one attached hydrogen (secondary N) is 1. The predicted molar refractivity (Wildman–Crippen MR) is 103 cm³/mol. The molecule has 3 rings (SSSR count). The molecule has 0 aliphatic heterocycles. The summed E-state index contributed by atoms with van der Waals surface area (Å²) in [6.45, 7) is 5.78. The fraction of sp³-hybridized carbons (Fsp3) is 0.200. The lowest BCUT2D eigenvalue weighted by Crippen LogP contribution is -2.23. The summed E-state index contributed by atoms with van der Waals surface area (Å²) in [5, 5.41) is 2.62. The Kier molecular flexibility index (Phi) is 5.60. The van der Waals surface area contributed by atoms with E-state index in [0.29, 0.717) is 5.16 Å². The van der Waals surface area contributed by atoms with Gasteiger partial charge < -0.3 is 5.32 Å². The number of hydrogen-bond acceptors (Lipinski definition) is 3. The second-order valence-electron chi connectivity index (χ2n) is 6.17. The van der Waals surface area contributed by atoms with Crippen molar-refractivity contribution in [1.29, 1.82) is 0 Å². The van der Waals surface area contributed by atoms with Gasteiger partial charge in [-0.2, -0.15) is 0 Å². The van der Waals surface area contributed by atoms with E-state index in [1.165, 1.54) is 17.8 Å². The van der Waals surface area contributed by atoms with E-state index in [-0.39, 0.29) is 11.6 Å². The summed E-state index contributed by atoms with van der Waals surface area (Å²) in [7, 11) is 0. The van der Waals surface area contributed by atoms with Gasteiger partial charge in [0.05, 0.1) is 16.6 Å². The van der Waals surface area contributed by atoms with E-state index in [4.69, 9.17) is 0 Å². The number of thioether (sulfide) groups is 1. The first-order valence-electron chi connectivity index (χ1n) is 8.39. The Bertz CT molecular complexity index is 987. The van der Waals surface area contributed by atoms with Crippen molar-refractivity contribution in [1.82, 2.24) is 9.55 Å². The highest BCUT2D eigenvalue weighted by atomic mass is 32.2. The summed E-state index contributed by atoms with van der Waals surface area (Å²) < 4.78 is 28.7. The lowest BCUT2D eigenvalue weighted by Gasteiger charge is -2.15. The molecule has 1 N–H and O–H groups in total. The molecule has 1 heterocycles. The minimum absolute atomic E-state index is 0.0493. The SMILES string of the molecule is Cc1cccc(-n2ccnc2SC(C)C(=O)Nc2ccc(F)cc2F)c1C. The minimum Gasteiger partial charge on any atom is -0.323 e. The maximum atomic E-state index is 13.7. The molecule has 4 nitrogen and oxygen atoms in total. The van der Waals surface area contributed by atoms with Gasteiger partial charge in [-0.15, -0.1) is 0 Å². The van der Waals surface area contributed by atoms with Crippen molar-refractivity contribution in [3.05, 3.63) is 71.6 Å². The highest BCUT2D eigenvalue weighted by Crippen LogP contribution is 2.28. The number of aryl methyl sites for hydroxylation is 1. The number of carbonyl (C=O) groups is 1.